The Morgan fingerprint density at radius 2 is 1.55 bits per heavy atom. The van der Waals surface area contributed by atoms with Gasteiger partial charge in [0.2, 0.25) is 0 Å². The lowest BCUT2D eigenvalue weighted by molar-refractivity contribution is -0.140. The SMILES string of the molecule is CC(C)C(=O)O.O=C(O)CCl. The van der Waals surface area contributed by atoms with Crippen LogP contribution in [-0.2, 0) is 9.59 Å². The van der Waals surface area contributed by atoms with Gasteiger partial charge in [-0.1, -0.05) is 13.8 Å². The quantitative estimate of drug-likeness (QED) is 0.626. The van der Waals surface area contributed by atoms with Gasteiger partial charge in [-0.25, -0.2) is 0 Å². The Hall–Kier alpha value is -0.770. The van der Waals surface area contributed by atoms with Gasteiger partial charge in [0.25, 0.3) is 0 Å². The maximum atomic E-state index is 9.70. The van der Waals surface area contributed by atoms with Gasteiger partial charge in [-0.3, -0.25) is 9.59 Å². The van der Waals surface area contributed by atoms with Gasteiger partial charge in [-0.15, -0.1) is 11.6 Å². The number of carboxylic acids is 2. The van der Waals surface area contributed by atoms with E-state index in [9.17, 15) is 9.59 Å². The van der Waals surface area contributed by atoms with Gasteiger partial charge in [0.1, 0.15) is 5.88 Å². The molecule has 0 radical (unpaired) electrons. The highest BCUT2D eigenvalue weighted by Crippen LogP contribution is 1.87. The van der Waals surface area contributed by atoms with E-state index in [0.29, 0.717) is 0 Å². The van der Waals surface area contributed by atoms with E-state index in [1.54, 1.807) is 13.8 Å². The third-order valence-electron chi connectivity index (χ3n) is 0.608. The van der Waals surface area contributed by atoms with Crippen molar-refractivity contribution in [2.75, 3.05) is 5.88 Å². The van der Waals surface area contributed by atoms with E-state index in [1.165, 1.54) is 0 Å². The molecule has 0 aromatic carbocycles. The predicted molar refractivity (Wildman–Crippen MR) is 40.8 cm³/mol. The van der Waals surface area contributed by atoms with Crippen LogP contribution < -0.4 is 0 Å². The van der Waals surface area contributed by atoms with Crippen molar-refractivity contribution in [3.8, 4) is 0 Å². The van der Waals surface area contributed by atoms with Crippen molar-refractivity contribution in [2.45, 2.75) is 13.8 Å². The summed E-state index contributed by atoms with van der Waals surface area (Å²) in [6.07, 6.45) is 0. The topological polar surface area (TPSA) is 74.6 Å². The van der Waals surface area contributed by atoms with Crippen LogP contribution in [0.3, 0.4) is 0 Å². The highest BCUT2D eigenvalue weighted by molar-refractivity contribution is 6.26. The fourth-order valence-electron chi connectivity index (χ4n) is 0. The van der Waals surface area contributed by atoms with Crippen molar-refractivity contribution in [2.24, 2.45) is 5.92 Å². The first-order chi connectivity index (χ1) is 4.91. The Kier molecular flexibility index (Phi) is 8.58. The second kappa shape index (κ2) is 7.34. The molecule has 0 heterocycles. The Balaban J connectivity index is 0. The highest BCUT2D eigenvalue weighted by atomic mass is 35.5. The van der Waals surface area contributed by atoms with Crippen molar-refractivity contribution >= 4 is 23.5 Å². The highest BCUT2D eigenvalue weighted by Gasteiger charge is 1.99. The van der Waals surface area contributed by atoms with Crippen molar-refractivity contribution < 1.29 is 19.8 Å². The molecule has 0 amide bonds. The maximum absolute atomic E-state index is 9.70. The summed E-state index contributed by atoms with van der Waals surface area (Å²) in [6.45, 7) is 3.28. The van der Waals surface area contributed by atoms with Gasteiger partial charge in [0.15, 0.2) is 0 Å². The molecule has 0 aliphatic rings. The van der Waals surface area contributed by atoms with E-state index in [4.69, 9.17) is 21.8 Å². The van der Waals surface area contributed by atoms with Crippen molar-refractivity contribution in [1.82, 2.24) is 0 Å². The lowest BCUT2D eigenvalue weighted by Crippen LogP contribution is -2.03. The van der Waals surface area contributed by atoms with Crippen LogP contribution in [-0.4, -0.2) is 28.0 Å². The van der Waals surface area contributed by atoms with Gasteiger partial charge < -0.3 is 10.2 Å². The number of rotatable bonds is 2. The number of alkyl halides is 1. The van der Waals surface area contributed by atoms with E-state index in [1.807, 2.05) is 0 Å². The van der Waals surface area contributed by atoms with Crippen LogP contribution in [0.2, 0.25) is 0 Å². The fourth-order valence-corrected chi connectivity index (χ4v) is 0. The average molecular weight is 183 g/mol. The van der Waals surface area contributed by atoms with Crippen LogP contribution in [0.4, 0.5) is 0 Å². The number of halogens is 1. The predicted octanol–water partition coefficient (Wildman–Crippen LogP) is 1.04. The summed E-state index contributed by atoms with van der Waals surface area (Å²) >= 11 is 4.74. The van der Waals surface area contributed by atoms with Crippen LogP contribution in [0, 0.1) is 5.92 Å². The third-order valence-corrected chi connectivity index (χ3v) is 0.837. The molecular weight excluding hydrogens is 172 g/mol. The van der Waals surface area contributed by atoms with Gasteiger partial charge >= 0.3 is 11.9 Å². The summed E-state index contributed by atoms with van der Waals surface area (Å²) in [6, 6.07) is 0. The lowest BCUT2D eigenvalue weighted by atomic mass is 10.2. The molecule has 0 bridgehead atoms. The van der Waals surface area contributed by atoms with Crippen LogP contribution in [0.5, 0.6) is 0 Å². The second-order valence-electron chi connectivity index (χ2n) is 2.02. The Bertz CT molecular complexity index is 133. The first-order valence-electron chi connectivity index (χ1n) is 2.92. The summed E-state index contributed by atoms with van der Waals surface area (Å²) < 4.78 is 0. The molecule has 0 aliphatic carbocycles. The molecule has 66 valence electrons. The molecule has 0 saturated carbocycles. The van der Waals surface area contributed by atoms with E-state index in [-0.39, 0.29) is 11.8 Å². The Morgan fingerprint density at radius 3 is 1.55 bits per heavy atom. The van der Waals surface area contributed by atoms with Crippen LogP contribution in [0.25, 0.3) is 0 Å². The number of carbonyl (C=O) groups is 2. The van der Waals surface area contributed by atoms with Crippen LogP contribution in [0.1, 0.15) is 13.8 Å². The lowest BCUT2D eigenvalue weighted by Gasteiger charge is -1.89. The zero-order chi connectivity index (χ0) is 9.44. The van der Waals surface area contributed by atoms with Gasteiger partial charge in [0, 0.05) is 0 Å². The normalized spacial score (nSPS) is 8.36. The summed E-state index contributed by atoms with van der Waals surface area (Å²) in [5, 5.41) is 15.6. The minimum absolute atomic E-state index is 0.231. The number of hydrogen-bond donors (Lipinski definition) is 2. The number of hydrogen-bond acceptors (Lipinski definition) is 2. The van der Waals surface area contributed by atoms with Crippen molar-refractivity contribution in [3.05, 3.63) is 0 Å². The molecule has 0 aliphatic heterocycles. The molecule has 0 saturated heterocycles. The molecule has 0 rings (SSSR count). The average Bonchev–Trinajstić information content (AvgIpc) is 1.89. The summed E-state index contributed by atoms with van der Waals surface area (Å²) in [7, 11) is 0. The molecular formula is C6H11ClO4. The summed E-state index contributed by atoms with van der Waals surface area (Å²) in [5.41, 5.74) is 0. The van der Waals surface area contributed by atoms with E-state index < -0.39 is 11.9 Å². The first kappa shape index (κ1) is 12.9. The smallest absolute Gasteiger partial charge is 0.318 e. The van der Waals surface area contributed by atoms with E-state index >= 15 is 0 Å². The fraction of sp³-hybridized carbons (Fsp3) is 0.667. The standard InChI is InChI=1S/C4H8O2.C2H3ClO2/c1-3(2)4(5)6;3-1-2(4)5/h3H,1-2H3,(H,5,6);1H2,(H,4,5). The zero-order valence-electron chi connectivity index (χ0n) is 6.37. The molecule has 0 unspecified atom stereocenters. The van der Waals surface area contributed by atoms with E-state index in [0.717, 1.165) is 0 Å². The summed E-state index contributed by atoms with van der Waals surface area (Å²) in [4.78, 5) is 18.9. The zero-order valence-corrected chi connectivity index (χ0v) is 7.13. The van der Waals surface area contributed by atoms with E-state index in [2.05, 4.69) is 0 Å². The Labute approximate surface area is 69.8 Å². The van der Waals surface area contributed by atoms with Gasteiger partial charge in [0.05, 0.1) is 5.92 Å². The molecule has 0 aromatic heterocycles. The molecule has 5 heteroatoms. The molecule has 2 N–H and O–H groups in total. The molecule has 4 nitrogen and oxygen atoms in total. The minimum Gasteiger partial charge on any atom is -0.481 e. The van der Waals surface area contributed by atoms with Crippen molar-refractivity contribution in [3.63, 3.8) is 0 Å². The first-order valence-corrected chi connectivity index (χ1v) is 3.45. The molecule has 0 fully saturated rings. The largest absolute Gasteiger partial charge is 0.481 e. The number of carboxylic acid groups (broad SMARTS) is 2. The molecule has 11 heavy (non-hydrogen) atoms. The van der Waals surface area contributed by atoms with Gasteiger partial charge in [-0.05, 0) is 0 Å². The maximum Gasteiger partial charge on any atom is 0.318 e. The number of aliphatic carboxylic acids is 2. The minimum atomic E-state index is -0.980. The monoisotopic (exact) mass is 182 g/mol. The summed E-state index contributed by atoms with van der Waals surface area (Å²) in [5.74, 6) is -2.26. The second-order valence-corrected chi connectivity index (χ2v) is 2.29. The van der Waals surface area contributed by atoms with Crippen LogP contribution >= 0.6 is 11.6 Å². The molecule has 0 atom stereocenters. The van der Waals surface area contributed by atoms with Crippen LogP contribution in [0.15, 0.2) is 0 Å². The molecule has 0 aromatic rings. The van der Waals surface area contributed by atoms with Crippen molar-refractivity contribution in [1.29, 1.82) is 0 Å². The van der Waals surface area contributed by atoms with Gasteiger partial charge in [-0.2, -0.15) is 0 Å². The molecule has 0 spiro atoms. The Morgan fingerprint density at radius 1 is 1.36 bits per heavy atom. The third kappa shape index (κ3) is 17.6.